The number of rotatable bonds is 4. The molecule has 1 N–H and O–H groups in total. The van der Waals surface area contributed by atoms with Crippen molar-refractivity contribution in [3.8, 4) is 11.3 Å². The molecule has 5 rings (SSSR count). The van der Waals surface area contributed by atoms with E-state index in [2.05, 4.69) is 9.88 Å². The summed E-state index contributed by atoms with van der Waals surface area (Å²) in [4.78, 5) is 34.6. The van der Waals surface area contributed by atoms with Gasteiger partial charge in [-0.15, -0.1) is 0 Å². The maximum Gasteiger partial charge on any atom is 0.320 e. The fraction of sp³-hybridized carbons (Fsp3) is 0.357. The molecule has 2 aromatic carbocycles. The highest BCUT2D eigenvalue weighted by molar-refractivity contribution is 5.75. The fourth-order valence-corrected chi connectivity index (χ4v) is 4.98. The van der Waals surface area contributed by atoms with E-state index in [-0.39, 0.29) is 29.9 Å². The number of aromatic nitrogens is 1. The highest BCUT2D eigenvalue weighted by Gasteiger charge is 2.36. The Morgan fingerprint density at radius 1 is 1.03 bits per heavy atom. The molecule has 0 radical (unpaired) electrons. The number of nitrogens with one attached hydrogen (secondary N) is 1. The van der Waals surface area contributed by atoms with Gasteiger partial charge in [0.1, 0.15) is 11.6 Å². The summed E-state index contributed by atoms with van der Waals surface area (Å²) in [5.74, 6) is -1.11. The molecule has 194 valence electrons. The van der Waals surface area contributed by atoms with Crippen LogP contribution in [0.25, 0.3) is 11.3 Å². The number of pyridine rings is 1. The third-order valence-electron chi connectivity index (χ3n) is 7.04. The average molecular weight is 509 g/mol. The van der Waals surface area contributed by atoms with E-state index in [1.165, 1.54) is 0 Å². The predicted molar refractivity (Wildman–Crippen MR) is 136 cm³/mol. The third-order valence-corrected chi connectivity index (χ3v) is 7.04. The van der Waals surface area contributed by atoms with E-state index < -0.39 is 17.7 Å². The largest absolute Gasteiger partial charge is 0.374 e. The topological polar surface area (TPSA) is 68.9 Å². The van der Waals surface area contributed by atoms with Gasteiger partial charge in [-0.05, 0) is 36.8 Å². The number of urea groups is 1. The molecule has 2 saturated heterocycles. The number of nitrogens with zero attached hydrogens (tertiary/aromatic N) is 3. The summed E-state index contributed by atoms with van der Waals surface area (Å²) in [5.41, 5.74) is 2.39. The Bertz CT molecular complexity index is 1310. The van der Waals surface area contributed by atoms with Crippen LogP contribution in [0.5, 0.6) is 0 Å². The Kier molecular flexibility index (Phi) is 7.34. The Morgan fingerprint density at radius 2 is 1.78 bits per heavy atom. The van der Waals surface area contributed by atoms with Crippen LogP contribution < -0.4 is 5.56 Å². The second kappa shape index (κ2) is 10.8. The van der Waals surface area contributed by atoms with E-state index in [9.17, 15) is 18.4 Å². The van der Waals surface area contributed by atoms with Gasteiger partial charge in [-0.25, -0.2) is 13.6 Å². The molecule has 0 aliphatic carbocycles. The van der Waals surface area contributed by atoms with Crippen LogP contribution >= 0.6 is 0 Å². The minimum Gasteiger partial charge on any atom is -0.374 e. The van der Waals surface area contributed by atoms with E-state index in [4.69, 9.17) is 4.74 Å². The van der Waals surface area contributed by atoms with Gasteiger partial charge in [0.05, 0.1) is 18.8 Å². The van der Waals surface area contributed by atoms with Crippen LogP contribution in [-0.2, 0) is 11.3 Å². The summed E-state index contributed by atoms with van der Waals surface area (Å²) in [6.07, 6.45) is -0.205. The number of ether oxygens (including phenoxy) is 1. The Morgan fingerprint density at radius 3 is 2.51 bits per heavy atom. The minimum atomic E-state index is -0.695. The van der Waals surface area contributed by atoms with Crippen LogP contribution in [0.2, 0.25) is 0 Å². The number of carbonyl (C=O) groups is 1. The third kappa shape index (κ3) is 5.57. The van der Waals surface area contributed by atoms with E-state index in [0.29, 0.717) is 44.8 Å². The molecule has 1 aromatic heterocycles. The van der Waals surface area contributed by atoms with Crippen molar-refractivity contribution < 1.29 is 18.3 Å². The minimum absolute atomic E-state index is 0.106. The van der Waals surface area contributed by atoms with E-state index in [1.54, 1.807) is 9.80 Å². The highest BCUT2D eigenvalue weighted by atomic mass is 19.1. The maximum atomic E-state index is 14.5. The summed E-state index contributed by atoms with van der Waals surface area (Å²) in [7, 11) is 0. The number of piperazine rings is 1. The first-order valence-electron chi connectivity index (χ1n) is 12.5. The summed E-state index contributed by atoms with van der Waals surface area (Å²) in [5, 5.41) is 0. The van der Waals surface area contributed by atoms with Crippen LogP contribution in [0.4, 0.5) is 13.6 Å². The number of halogens is 2. The smallest absolute Gasteiger partial charge is 0.320 e. The SMILES string of the molecule is C[C@H]1CN(C(=O)N2CCN(Cc3ccc(-c4ccccc4)[nH]c3=O)CC2)[C@H](c2cc(F)ccc2F)CO1. The quantitative estimate of drug-likeness (QED) is 0.578. The molecule has 0 saturated carbocycles. The zero-order valence-corrected chi connectivity index (χ0v) is 20.7. The first-order chi connectivity index (χ1) is 17.9. The number of aromatic amines is 1. The van der Waals surface area contributed by atoms with Gasteiger partial charge in [-0.2, -0.15) is 0 Å². The Hall–Kier alpha value is -3.56. The molecule has 2 aliphatic rings. The van der Waals surface area contributed by atoms with Crippen molar-refractivity contribution in [2.24, 2.45) is 0 Å². The maximum absolute atomic E-state index is 14.5. The predicted octanol–water partition coefficient (Wildman–Crippen LogP) is 4.02. The number of H-pyrrole nitrogens is 1. The van der Waals surface area contributed by atoms with Crippen molar-refractivity contribution in [3.05, 3.63) is 93.8 Å². The van der Waals surface area contributed by atoms with Crippen molar-refractivity contribution >= 4 is 6.03 Å². The monoisotopic (exact) mass is 508 g/mol. The van der Waals surface area contributed by atoms with Gasteiger partial charge >= 0.3 is 6.03 Å². The second-order valence-corrected chi connectivity index (χ2v) is 9.62. The number of hydrogen-bond donors (Lipinski definition) is 1. The zero-order valence-electron chi connectivity index (χ0n) is 20.7. The summed E-state index contributed by atoms with van der Waals surface area (Å²) >= 11 is 0. The first-order valence-corrected chi connectivity index (χ1v) is 12.5. The number of morpholine rings is 1. The van der Waals surface area contributed by atoms with E-state index in [0.717, 1.165) is 29.5 Å². The Labute approximate surface area is 214 Å². The van der Waals surface area contributed by atoms with Gasteiger partial charge in [0.2, 0.25) is 0 Å². The molecule has 0 unspecified atom stereocenters. The molecular formula is C28H30F2N4O3. The molecule has 0 bridgehead atoms. The molecule has 7 nitrogen and oxygen atoms in total. The van der Waals surface area contributed by atoms with E-state index >= 15 is 0 Å². The fourth-order valence-electron chi connectivity index (χ4n) is 4.98. The molecule has 3 aromatic rings. The summed E-state index contributed by atoms with van der Waals surface area (Å²) in [6.45, 7) is 4.90. The van der Waals surface area contributed by atoms with Crippen molar-refractivity contribution in [1.29, 1.82) is 0 Å². The van der Waals surface area contributed by atoms with Gasteiger partial charge in [-0.1, -0.05) is 36.4 Å². The summed E-state index contributed by atoms with van der Waals surface area (Å²) < 4.78 is 34.1. The van der Waals surface area contributed by atoms with Crippen molar-refractivity contribution in [2.45, 2.75) is 25.6 Å². The molecule has 3 heterocycles. The zero-order chi connectivity index (χ0) is 25.9. The van der Waals surface area contributed by atoms with Gasteiger partial charge in [0.25, 0.3) is 5.56 Å². The van der Waals surface area contributed by atoms with Crippen LogP contribution in [0.3, 0.4) is 0 Å². The van der Waals surface area contributed by atoms with Gasteiger partial charge in [0.15, 0.2) is 0 Å². The second-order valence-electron chi connectivity index (χ2n) is 9.62. The van der Waals surface area contributed by atoms with Gasteiger partial charge in [0, 0.05) is 56.1 Å². The Balaban J connectivity index is 1.23. The van der Waals surface area contributed by atoms with Gasteiger partial charge < -0.3 is 19.5 Å². The van der Waals surface area contributed by atoms with Gasteiger partial charge in [-0.3, -0.25) is 9.69 Å². The number of hydrogen-bond acceptors (Lipinski definition) is 4. The van der Waals surface area contributed by atoms with Crippen LogP contribution in [0, 0.1) is 11.6 Å². The molecule has 2 aliphatic heterocycles. The molecule has 2 fully saturated rings. The van der Waals surface area contributed by atoms with Crippen LogP contribution in [-0.4, -0.2) is 71.1 Å². The molecule has 0 spiro atoms. The molecule has 2 atom stereocenters. The highest BCUT2D eigenvalue weighted by Crippen LogP contribution is 2.30. The number of amides is 2. The molecular weight excluding hydrogens is 478 g/mol. The summed E-state index contributed by atoms with van der Waals surface area (Å²) in [6, 6.07) is 15.8. The standard InChI is InChI=1S/C28H30F2N4O3/c1-19-16-34(26(18-37-19)23-15-22(29)8-9-24(23)30)28(36)33-13-11-32(12-14-33)17-21-7-10-25(31-27(21)35)20-5-3-2-4-6-20/h2-10,15,19,26H,11-14,16-18H2,1H3,(H,31,35)/t19-,26-/m0/s1. The lowest BCUT2D eigenvalue weighted by atomic mass is 10.0. The molecule has 37 heavy (non-hydrogen) atoms. The van der Waals surface area contributed by atoms with E-state index in [1.807, 2.05) is 49.4 Å². The lowest BCUT2D eigenvalue weighted by Crippen LogP contribution is -2.56. The first kappa shape index (κ1) is 25.1. The lowest BCUT2D eigenvalue weighted by molar-refractivity contribution is -0.0461. The van der Waals surface area contributed by atoms with Crippen molar-refractivity contribution in [3.63, 3.8) is 0 Å². The van der Waals surface area contributed by atoms with Crippen LogP contribution in [0.1, 0.15) is 24.1 Å². The number of carbonyl (C=O) groups excluding carboxylic acids is 1. The lowest BCUT2D eigenvalue weighted by Gasteiger charge is -2.43. The average Bonchev–Trinajstić information content (AvgIpc) is 2.92. The van der Waals surface area contributed by atoms with Crippen molar-refractivity contribution in [2.75, 3.05) is 39.3 Å². The molecule has 9 heteroatoms. The van der Waals surface area contributed by atoms with Crippen molar-refractivity contribution in [1.82, 2.24) is 19.7 Å². The number of benzene rings is 2. The normalized spacial score (nSPS) is 20.7. The molecule has 2 amide bonds. The van der Waals surface area contributed by atoms with Crippen LogP contribution in [0.15, 0.2) is 65.5 Å².